The summed E-state index contributed by atoms with van der Waals surface area (Å²) in [6.07, 6.45) is 0. The first-order chi connectivity index (χ1) is 8.23. The fourth-order valence-electron chi connectivity index (χ4n) is 2.08. The normalized spacial score (nSPS) is 15.1. The SMILES string of the molecule is CC(C)C.Cc1nc(C(C)(C)C)c2n1CCNC2. The fourth-order valence-corrected chi connectivity index (χ4v) is 2.08. The number of nitrogens with zero attached hydrogens (tertiary/aromatic N) is 2. The van der Waals surface area contributed by atoms with E-state index in [2.05, 4.69) is 63.3 Å². The van der Waals surface area contributed by atoms with Crippen molar-refractivity contribution >= 4 is 0 Å². The molecule has 0 aliphatic carbocycles. The third-order valence-electron chi connectivity index (χ3n) is 2.78. The number of fused-ring (bicyclic) bond motifs is 1. The van der Waals surface area contributed by atoms with Crippen molar-refractivity contribution < 1.29 is 0 Å². The number of aryl methyl sites for hydroxylation is 1. The standard InChI is InChI=1S/C11H19N3.C4H10/c1-8-13-10(11(2,3)4)9-7-12-5-6-14(8)9;1-4(2)3/h12H,5-7H2,1-4H3;4H,1-3H3. The Morgan fingerprint density at radius 1 is 1.22 bits per heavy atom. The molecule has 0 atom stereocenters. The Labute approximate surface area is 112 Å². The van der Waals surface area contributed by atoms with Gasteiger partial charge in [0.15, 0.2) is 0 Å². The van der Waals surface area contributed by atoms with Crippen LogP contribution in [0.1, 0.15) is 58.8 Å². The van der Waals surface area contributed by atoms with Crippen molar-refractivity contribution in [1.29, 1.82) is 0 Å². The summed E-state index contributed by atoms with van der Waals surface area (Å²) in [6.45, 7) is 18.4. The van der Waals surface area contributed by atoms with Gasteiger partial charge in [-0.15, -0.1) is 0 Å². The van der Waals surface area contributed by atoms with Crippen LogP contribution in [0.25, 0.3) is 0 Å². The van der Waals surface area contributed by atoms with Crippen LogP contribution in [0, 0.1) is 12.8 Å². The van der Waals surface area contributed by atoms with Gasteiger partial charge in [0.05, 0.1) is 11.4 Å². The number of imidazole rings is 1. The van der Waals surface area contributed by atoms with Gasteiger partial charge in [-0.3, -0.25) is 0 Å². The molecule has 18 heavy (non-hydrogen) atoms. The maximum atomic E-state index is 4.69. The molecule has 2 heterocycles. The van der Waals surface area contributed by atoms with Gasteiger partial charge in [-0.2, -0.15) is 0 Å². The van der Waals surface area contributed by atoms with Crippen molar-refractivity contribution in [2.45, 2.75) is 67.0 Å². The average molecular weight is 251 g/mol. The van der Waals surface area contributed by atoms with Gasteiger partial charge in [-0.25, -0.2) is 4.98 Å². The van der Waals surface area contributed by atoms with Crippen LogP contribution in [0.2, 0.25) is 0 Å². The van der Waals surface area contributed by atoms with Crippen molar-refractivity contribution in [3.05, 3.63) is 17.2 Å². The number of aromatic nitrogens is 2. The van der Waals surface area contributed by atoms with Crippen molar-refractivity contribution in [2.75, 3.05) is 6.54 Å². The van der Waals surface area contributed by atoms with Crippen LogP contribution in [0.4, 0.5) is 0 Å². The van der Waals surface area contributed by atoms with E-state index in [4.69, 9.17) is 0 Å². The van der Waals surface area contributed by atoms with Crippen LogP contribution >= 0.6 is 0 Å². The lowest BCUT2D eigenvalue weighted by atomic mass is 9.90. The highest BCUT2D eigenvalue weighted by atomic mass is 15.2. The third-order valence-corrected chi connectivity index (χ3v) is 2.78. The van der Waals surface area contributed by atoms with Gasteiger partial charge in [0, 0.05) is 25.0 Å². The monoisotopic (exact) mass is 251 g/mol. The number of hydrogen-bond acceptors (Lipinski definition) is 2. The Morgan fingerprint density at radius 3 is 2.28 bits per heavy atom. The minimum Gasteiger partial charge on any atom is -0.330 e. The zero-order chi connectivity index (χ0) is 13.9. The van der Waals surface area contributed by atoms with Crippen LogP contribution in [0.15, 0.2) is 0 Å². The van der Waals surface area contributed by atoms with Crippen molar-refractivity contribution in [3.8, 4) is 0 Å². The Hall–Kier alpha value is -0.830. The molecular formula is C15H29N3. The molecular weight excluding hydrogens is 222 g/mol. The van der Waals surface area contributed by atoms with Gasteiger partial charge in [0.1, 0.15) is 5.82 Å². The van der Waals surface area contributed by atoms with Crippen LogP contribution in [0.3, 0.4) is 0 Å². The molecule has 0 spiro atoms. The van der Waals surface area contributed by atoms with E-state index >= 15 is 0 Å². The predicted molar refractivity (Wildman–Crippen MR) is 77.9 cm³/mol. The smallest absolute Gasteiger partial charge is 0.106 e. The maximum absolute atomic E-state index is 4.69. The summed E-state index contributed by atoms with van der Waals surface area (Å²) in [6, 6.07) is 0. The average Bonchev–Trinajstić information content (AvgIpc) is 2.56. The second-order valence-corrected chi connectivity index (χ2v) is 6.76. The Balaban J connectivity index is 0.000000357. The van der Waals surface area contributed by atoms with E-state index in [0.29, 0.717) is 0 Å². The summed E-state index contributed by atoms with van der Waals surface area (Å²) in [5, 5.41) is 3.41. The number of hydrogen-bond donors (Lipinski definition) is 1. The molecule has 3 heteroatoms. The summed E-state index contributed by atoms with van der Waals surface area (Å²) in [5.74, 6) is 1.99. The van der Waals surface area contributed by atoms with Crippen molar-refractivity contribution in [3.63, 3.8) is 0 Å². The molecule has 0 bridgehead atoms. The van der Waals surface area contributed by atoms with Crippen LogP contribution in [0.5, 0.6) is 0 Å². The van der Waals surface area contributed by atoms with Gasteiger partial charge in [-0.05, 0) is 12.8 Å². The van der Waals surface area contributed by atoms with E-state index in [1.54, 1.807) is 0 Å². The van der Waals surface area contributed by atoms with Crippen LogP contribution in [-0.2, 0) is 18.5 Å². The molecule has 0 amide bonds. The van der Waals surface area contributed by atoms with E-state index in [0.717, 1.165) is 31.4 Å². The molecule has 0 saturated carbocycles. The molecule has 0 fully saturated rings. The largest absolute Gasteiger partial charge is 0.330 e. The molecule has 0 saturated heterocycles. The minimum atomic E-state index is 0.157. The van der Waals surface area contributed by atoms with Gasteiger partial charge in [0.2, 0.25) is 0 Å². The number of nitrogens with one attached hydrogen (secondary N) is 1. The lowest BCUT2D eigenvalue weighted by molar-refractivity contribution is 0.489. The summed E-state index contributed by atoms with van der Waals surface area (Å²) in [7, 11) is 0. The first-order valence-electron chi connectivity index (χ1n) is 7.00. The summed E-state index contributed by atoms with van der Waals surface area (Å²) < 4.78 is 2.34. The highest BCUT2D eigenvalue weighted by Crippen LogP contribution is 2.26. The quantitative estimate of drug-likeness (QED) is 0.767. The molecule has 1 aromatic rings. The van der Waals surface area contributed by atoms with E-state index in [9.17, 15) is 0 Å². The molecule has 104 valence electrons. The van der Waals surface area contributed by atoms with Gasteiger partial charge < -0.3 is 9.88 Å². The molecule has 1 aliphatic heterocycles. The Morgan fingerprint density at radius 2 is 1.78 bits per heavy atom. The second-order valence-electron chi connectivity index (χ2n) is 6.76. The van der Waals surface area contributed by atoms with E-state index < -0.39 is 0 Å². The lowest BCUT2D eigenvalue weighted by Gasteiger charge is -2.22. The van der Waals surface area contributed by atoms with E-state index in [1.807, 2.05) is 0 Å². The molecule has 0 radical (unpaired) electrons. The summed E-state index contributed by atoms with van der Waals surface area (Å²) >= 11 is 0. The molecule has 2 rings (SSSR count). The first kappa shape index (κ1) is 15.2. The minimum absolute atomic E-state index is 0.157. The molecule has 1 aliphatic rings. The molecule has 1 aromatic heterocycles. The third kappa shape index (κ3) is 3.84. The van der Waals surface area contributed by atoms with Gasteiger partial charge >= 0.3 is 0 Å². The van der Waals surface area contributed by atoms with Gasteiger partial charge in [-0.1, -0.05) is 41.5 Å². The van der Waals surface area contributed by atoms with E-state index in [1.165, 1.54) is 11.4 Å². The van der Waals surface area contributed by atoms with Crippen LogP contribution < -0.4 is 5.32 Å². The zero-order valence-electron chi connectivity index (χ0n) is 13.1. The zero-order valence-corrected chi connectivity index (χ0v) is 13.1. The Kier molecular flexibility index (Phi) is 4.97. The lowest BCUT2D eigenvalue weighted by Crippen LogP contribution is -2.30. The Bertz CT molecular complexity index is 380. The van der Waals surface area contributed by atoms with Crippen molar-refractivity contribution in [1.82, 2.24) is 14.9 Å². The predicted octanol–water partition coefficient (Wildman–Crippen LogP) is 3.25. The molecule has 0 unspecified atom stereocenters. The highest BCUT2D eigenvalue weighted by molar-refractivity contribution is 5.24. The maximum Gasteiger partial charge on any atom is 0.106 e. The van der Waals surface area contributed by atoms with Gasteiger partial charge in [0.25, 0.3) is 0 Å². The summed E-state index contributed by atoms with van der Waals surface area (Å²) in [5.41, 5.74) is 2.79. The topological polar surface area (TPSA) is 29.9 Å². The second kappa shape index (κ2) is 5.87. The summed E-state index contributed by atoms with van der Waals surface area (Å²) in [4.78, 5) is 4.69. The number of rotatable bonds is 0. The fraction of sp³-hybridized carbons (Fsp3) is 0.800. The molecule has 1 N–H and O–H groups in total. The molecule has 3 nitrogen and oxygen atoms in total. The first-order valence-corrected chi connectivity index (χ1v) is 7.00. The van der Waals surface area contributed by atoms with E-state index in [-0.39, 0.29) is 5.41 Å². The molecule has 0 aromatic carbocycles. The highest BCUT2D eigenvalue weighted by Gasteiger charge is 2.25. The van der Waals surface area contributed by atoms with Crippen molar-refractivity contribution in [2.24, 2.45) is 5.92 Å². The van der Waals surface area contributed by atoms with Crippen LogP contribution in [-0.4, -0.2) is 16.1 Å².